The third-order valence-electron chi connectivity index (χ3n) is 5.27. The summed E-state index contributed by atoms with van der Waals surface area (Å²) >= 11 is 1.46. The van der Waals surface area contributed by atoms with Gasteiger partial charge in [0.25, 0.3) is 5.91 Å². The van der Waals surface area contributed by atoms with E-state index < -0.39 is 5.91 Å². The fourth-order valence-corrected chi connectivity index (χ4v) is 4.98. The maximum absolute atomic E-state index is 12.5. The van der Waals surface area contributed by atoms with Crippen LogP contribution in [0.4, 0.5) is 5.00 Å². The van der Waals surface area contributed by atoms with Gasteiger partial charge in [0.05, 0.1) is 19.3 Å². The van der Waals surface area contributed by atoms with Crippen molar-refractivity contribution in [1.82, 2.24) is 0 Å². The predicted molar refractivity (Wildman–Crippen MR) is 125 cm³/mol. The van der Waals surface area contributed by atoms with Crippen LogP contribution in [0.2, 0.25) is 0 Å². The number of unbranched alkanes of at least 4 members (excludes halogenated alkanes) is 2. The molecule has 0 aliphatic heterocycles. The van der Waals surface area contributed by atoms with Crippen molar-refractivity contribution < 1.29 is 19.1 Å². The van der Waals surface area contributed by atoms with Crippen molar-refractivity contribution >= 4 is 34.2 Å². The molecule has 1 heterocycles. The number of rotatable bonds is 10. The molecular formula is C24H30N2O4S. The van der Waals surface area contributed by atoms with Gasteiger partial charge in [-0.15, -0.1) is 11.3 Å². The van der Waals surface area contributed by atoms with Crippen molar-refractivity contribution in [1.29, 1.82) is 0 Å². The topological polar surface area (TPSA) is 90.6 Å². The summed E-state index contributed by atoms with van der Waals surface area (Å²) in [5.74, 6) is 0.523. The Hall–Kier alpha value is -2.80. The molecule has 0 saturated heterocycles. The van der Waals surface area contributed by atoms with E-state index in [2.05, 4.69) is 12.2 Å². The first-order chi connectivity index (χ1) is 15.0. The highest BCUT2D eigenvalue weighted by Crippen LogP contribution is 2.38. The van der Waals surface area contributed by atoms with Crippen LogP contribution in [0.25, 0.3) is 6.08 Å². The second-order valence-electron chi connectivity index (χ2n) is 7.57. The van der Waals surface area contributed by atoms with Gasteiger partial charge in [-0.25, -0.2) is 0 Å². The molecule has 2 aromatic rings. The molecule has 0 saturated carbocycles. The Bertz CT molecular complexity index is 965. The Labute approximate surface area is 187 Å². The molecule has 0 bridgehead atoms. The first-order valence-corrected chi connectivity index (χ1v) is 11.6. The van der Waals surface area contributed by atoms with Crippen LogP contribution in [-0.4, -0.2) is 25.5 Å². The molecule has 0 spiro atoms. The highest BCUT2D eigenvalue weighted by Gasteiger charge is 2.24. The molecule has 3 N–H and O–H groups in total. The first kappa shape index (κ1) is 22.9. The summed E-state index contributed by atoms with van der Waals surface area (Å²) in [5.41, 5.74) is 7.88. The summed E-state index contributed by atoms with van der Waals surface area (Å²) in [4.78, 5) is 25.6. The smallest absolute Gasteiger partial charge is 0.251 e. The number of benzene rings is 1. The largest absolute Gasteiger partial charge is 0.493 e. The number of fused-ring (bicyclic) bond motifs is 1. The highest BCUT2D eigenvalue weighted by atomic mass is 32.1. The van der Waals surface area contributed by atoms with E-state index in [1.54, 1.807) is 13.2 Å². The second-order valence-corrected chi connectivity index (χ2v) is 8.67. The number of thiophene rings is 1. The summed E-state index contributed by atoms with van der Waals surface area (Å²) in [6, 6.07) is 5.55. The van der Waals surface area contributed by atoms with Gasteiger partial charge in [-0.3, -0.25) is 9.59 Å². The van der Waals surface area contributed by atoms with Gasteiger partial charge < -0.3 is 20.5 Å². The number of aryl methyl sites for hydroxylation is 1. The normalized spacial score (nSPS) is 13.1. The van der Waals surface area contributed by atoms with Gasteiger partial charge in [-0.1, -0.05) is 25.8 Å². The number of ether oxygens (including phenoxy) is 2. The number of carbonyl (C=O) groups is 2. The zero-order valence-electron chi connectivity index (χ0n) is 18.2. The molecule has 2 amide bonds. The molecule has 1 aromatic carbocycles. The lowest BCUT2D eigenvalue weighted by molar-refractivity contribution is -0.111. The molecule has 3 rings (SSSR count). The zero-order valence-corrected chi connectivity index (χ0v) is 19.0. The maximum Gasteiger partial charge on any atom is 0.251 e. The summed E-state index contributed by atoms with van der Waals surface area (Å²) in [6.07, 6.45) is 10.3. The van der Waals surface area contributed by atoms with Crippen molar-refractivity contribution in [2.24, 2.45) is 5.73 Å². The van der Waals surface area contributed by atoms with Crippen LogP contribution in [0.5, 0.6) is 11.5 Å². The average Bonchev–Trinajstić information content (AvgIpc) is 3.13. The number of amides is 2. The predicted octanol–water partition coefficient (Wildman–Crippen LogP) is 4.96. The van der Waals surface area contributed by atoms with E-state index in [1.807, 2.05) is 18.2 Å². The highest BCUT2D eigenvalue weighted by molar-refractivity contribution is 7.17. The Kier molecular flexibility index (Phi) is 8.12. The van der Waals surface area contributed by atoms with E-state index >= 15 is 0 Å². The standard InChI is InChI=1S/C24H30N2O4S/c1-3-4-7-14-30-18-12-10-16(15-19(18)29-2)11-13-21(27)26-24-22(23(25)28)17-8-5-6-9-20(17)31-24/h10-13,15H,3-9,14H2,1-2H3,(H2,25,28)(H,26,27)/b13-11+. The van der Waals surface area contributed by atoms with Crippen LogP contribution >= 0.6 is 11.3 Å². The molecule has 166 valence electrons. The molecule has 1 aliphatic rings. The molecule has 1 aromatic heterocycles. The van der Waals surface area contributed by atoms with Gasteiger partial charge in [-0.05, 0) is 61.4 Å². The van der Waals surface area contributed by atoms with E-state index in [-0.39, 0.29) is 5.91 Å². The fraction of sp³-hybridized carbons (Fsp3) is 0.417. The first-order valence-electron chi connectivity index (χ1n) is 10.8. The number of nitrogens with two attached hydrogens (primary N) is 1. The van der Waals surface area contributed by atoms with E-state index in [4.69, 9.17) is 15.2 Å². The molecule has 31 heavy (non-hydrogen) atoms. The van der Waals surface area contributed by atoms with E-state index in [1.165, 1.54) is 17.4 Å². The molecule has 6 nitrogen and oxygen atoms in total. The lowest BCUT2D eigenvalue weighted by Gasteiger charge is -2.11. The average molecular weight is 443 g/mol. The van der Waals surface area contributed by atoms with Crippen LogP contribution in [0.3, 0.4) is 0 Å². The van der Waals surface area contributed by atoms with Crippen LogP contribution in [0.1, 0.15) is 65.4 Å². The molecule has 1 aliphatic carbocycles. The van der Waals surface area contributed by atoms with Gasteiger partial charge >= 0.3 is 0 Å². The van der Waals surface area contributed by atoms with Gasteiger partial charge in [0, 0.05) is 11.0 Å². The van der Waals surface area contributed by atoms with Crippen LogP contribution in [0, 0.1) is 0 Å². The quantitative estimate of drug-likeness (QED) is 0.402. The third kappa shape index (κ3) is 5.88. The molecule has 0 radical (unpaired) electrons. The molecule has 0 unspecified atom stereocenters. The molecular weight excluding hydrogens is 412 g/mol. The van der Waals surface area contributed by atoms with Crippen molar-refractivity contribution in [2.75, 3.05) is 19.0 Å². The van der Waals surface area contributed by atoms with E-state index in [9.17, 15) is 9.59 Å². The van der Waals surface area contributed by atoms with Crippen molar-refractivity contribution in [3.63, 3.8) is 0 Å². The van der Waals surface area contributed by atoms with Crippen molar-refractivity contribution in [3.8, 4) is 11.5 Å². The Morgan fingerprint density at radius 3 is 2.74 bits per heavy atom. The summed E-state index contributed by atoms with van der Waals surface area (Å²) in [5, 5.41) is 3.38. The van der Waals surface area contributed by atoms with Crippen LogP contribution in [0.15, 0.2) is 24.3 Å². The Morgan fingerprint density at radius 1 is 1.19 bits per heavy atom. The number of anilines is 1. The minimum Gasteiger partial charge on any atom is -0.493 e. The van der Waals surface area contributed by atoms with Crippen LogP contribution in [-0.2, 0) is 17.6 Å². The zero-order chi connectivity index (χ0) is 22.2. The number of hydrogen-bond acceptors (Lipinski definition) is 5. The summed E-state index contributed by atoms with van der Waals surface area (Å²) in [7, 11) is 1.60. The van der Waals surface area contributed by atoms with Crippen molar-refractivity contribution in [2.45, 2.75) is 51.9 Å². The van der Waals surface area contributed by atoms with Gasteiger partial charge in [0.15, 0.2) is 11.5 Å². The SMILES string of the molecule is CCCCCOc1ccc(/C=C/C(=O)Nc2sc3c(c2C(N)=O)CCCC3)cc1OC. The van der Waals surface area contributed by atoms with E-state index in [0.717, 1.165) is 60.9 Å². The molecule has 0 atom stereocenters. The van der Waals surface area contributed by atoms with Crippen molar-refractivity contribution in [3.05, 3.63) is 45.8 Å². The van der Waals surface area contributed by atoms with E-state index in [0.29, 0.717) is 28.7 Å². The number of hydrogen-bond donors (Lipinski definition) is 2. The van der Waals surface area contributed by atoms with Gasteiger partial charge in [-0.2, -0.15) is 0 Å². The number of methoxy groups -OCH3 is 1. The number of nitrogens with one attached hydrogen (secondary N) is 1. The third-order valence-corrected chi connectivity index (χ3v) is 6.48. The number of primary amides is 1. The minimum absolute atomic E-state index is 0.306. The van der Waals surface area contributed by atoms with Crippen LogP contribution < -0.4 is 20.5 Å². The van der Waals surface area contributed by atoms with Gasteiger partial charge in [0.1, 0.15) is 5.00 Å². The fourth-order valence-electron chi connectivity index (χ4n) is 3.68. The lowest BCUT2D eigenvalue weighted by Crippen LogP contribution is -2.17. The monoisotopic (exact) mass is 442 g/mol. The van der Waals surface area contributed by atoms with Gasteiger partial charge in [0.2, 0.25) is 5.91 Å². The molecule has 0 fully saturated rings. The summed E-state index contributed by atoms with van der Waals surface area (Å²) in [6.45, 7) is 2.80. The Balaban J connectivity index is 1.67. The number of carbonyl (C=O) groups excluding carboxylic acids is 2. The molecule has 7 heteroatoms. The lowest BCUT2D eigenvalue weighted by atomic mass is 9.95. The summed E-state index contributed by atoms with van der Waals surface area (Å²) < 4.78 is 11.2. The minimum atomic E-state index is -0.488. The maximum atomic E-state index is 12.5. The second kappa shape index (κ2) is 11.0. The Morgan fingerprint density at radius 2 is 2.00 bits per heavy atom.